The number of nitrogens with zero attached hydrogens (tertiary/aromatic N) is 2. The maximum Gasteiger partial charge on any atom is 0.341 e. The molecule has 1 aromatic heterocycles. The molecule has 0 bridgehead atoms. The number of hydrogen-bond acceptors (Lipinski definition) is 4. The van der Waals surface area contributed by atoms with E-state index in [9.17, 15) is 19.1 Å². The van der Waals surface area contributed by atoms with Crippen LogP contribution in [0.4, 0.5) is 10.1 Å². The van der Waals surface area contributed by atoms with Crippen LogP contribution in [-0.2, 0) is 6.42 Å². The molecule has 2 aliphatic heterocycles. The van der Waals surface area contributed by atoms with Gasteiger partial charge in [-0.1, -0.05) is 0 Å². The van der Waals surface area contributed by atoms with Crippen molar-refractivity contribution in [1.29, 1.82) is 0 Å². The Labute approximate surface area is 156 Å². The number of rotatable bonds is 2. The van der Waals surface area contributed by atoms with Crippen molar-refractivity contribution < 1.29 is 14.3 Å². The summed E-state index contributed by atoms with van der Waals surface area (Å²) in [5.41, 5.74) is 1.11. The molecule has 1 unspecified atom stereocenters. The molecule has 3 heterocycles. The van der Waals surface area contributed by atoms with Gasteiger partial charge in [0.1, 0.15) is 11.4 Å². The minimum Gasteiger partial charge on any atom is -0.477 e. The van der Waals surface area contributed by atoms with Crippen molar-refractivity contribution in [3.05, 3.63) is 39.4 Å². The molecular weight excluding hydrogens is 361 g/mol. The van der Waals surface area contributed by atoms with Gasteiger partial charge in [0, 0.05) is 48.9 Å². The Morgan fingerprint density at radius 3 is 2.77 bits per heavy atom. The summed E-state index contributed by atoms with van der Waals surface area (Å²) in [5, 5.41) is 12.8. The third-order valence-electron chi connectivity index (χ3n) is 5.23. The first-order valence-electron chi connectivity index (χ1n) is 8.50. The van der Waals surface area contributed by atoms with Crippen LogP contribution in [0.2, 0.25) is 0 Å². The highest BCUT2D eigenvalue weighted by Crippen LogP contribution is 2.39. The van der Waals surface area contributed by atoms with E-state index in [0.29, 0.717) is 30.7 Å². The Kier molecular flexibility index (Phi) is 4.71. The summed E-state index contributed by atoms with van der Waals surface area (Å²) in [7, 11) is 0. The first-order chi connectivity index (χ1) is 11.9. The summed E-state index contributed by atoms with van der Waals surface area (Å²) in [6, 6.07) is 1.45. The van der Waals surface area contributed by atoms with Crippen LogP contribution < -0.4 is 15.6 Å². The molecule has 8 heteroatoms. The number of nitrogens with one attached hydrogen (secondary N) is 1. The summed E-state index contributed by atoms with van der Waals surface area (Å²) in [6.45, 7) is 6.19. The van der Waals surface area contributed by atoms with Gasteiger partial charge in [-0.2, -0.15) is 0 Å². The summed E-state index contributed by atoms with van der Waals surface area (Å²) < 4.78 is 16.8. The summed E-state index contributed by atoms with van der Waals surface area (Å²) >= 11 is 0. The van der Waals surface area contributed by atoms with Gasteiger partial charge < -0.3 is 19.9 Å². The number of piperazine rings is 1. The minimum atomic E-state index is -1.28. The molecular formula is C18H21ClFN3O3. The fraction of sp³-hybridized carbons (Fsp3) is 0.444. The third kappa shape index (κ3) is 2.66. The van der Waals surface area contributed by atoms with Crippen molar-refractivity contribution in [1.82, 2.24) is 9.88 Å². The van der Waals surface area contributed by atoms with E-state index in [0.717, 1.165) is 12.1 Å². The summed E-state index contributed by atoms with van der Waals surface area (Å²) in [6.07, 6.45) is 1.99. The number of carbonyl (C=O) groups is 1. The first-order valence-corrected chi connectivity index (χ1v) is 8.50. The van der Waals surface area contributed by atoms with Gasteiger partial charge in [0.2, 0.25) is 5.43 Å². The Hall–Kier alpha value is -2.12. The van der Waals surface area contributed by atoms with Crippen molar-refractivity contribution in [2.75, 3.05) is 24.5 Å². The van der Waals surface area contributed by atoms with E-state index in [2.05, 4.69) is 12.2 Å². The largest absolute Gasteiger partial charge is 0.477 e. The first kappa shape index (κ1) is 18.7. The lowest BCUT2D eigenvalue weighted by Gasteiger charge is -2.35. The summed E-state index contributed by atoms with van der Waals surface area (Å²) in [5.74, 6) is -1.73. The monoisotopic (exact) mass is 381 g/mol. The number of benzene rings is 1. The number of hydrogen-bond donors (Lipinski definition) is 2. The fourth-order valence-electron chi connectivity index (χ4n) is 4.12. The standard InChI is InChI=1S/C18H20FN3O3.ClH/c1-9-7-21(4-3-20-9)16-11-5-10(2)22-8-13(18(24)25)17(23)12(15(11)22)6-14(16)19;/h6,8-10,20H,3-5,7H2,1-2H3,(H,24,25);1H/t9-,10?;/m1./s1. The lowest BCUT2D eigenvalue weighted by Crippen LogP contribution is -2.49. The van der Waals surface area contributed by atoms with E-state index in [1.54, 1.807) is 0 Å². The molecule has 0 spiro atoms. The van der Waals surface area contributed by atoms with Gasteiger partial charge in [0.05, 0.1) is 11.2 Å². The molecule has 2 aliphatic rings. The molecule has 0 aliphatic carbocycles. The summed E-state index contributed by atoms with van der Waals surface area (Å²) in [4.78, 5) is 25.9. The zero-order valence-corrected chi connectivity index (χ0v) is 15.4. The van der Waals surface area contributed by atoms with E-state index >= 15 is 0 Å². The van der Waals surface area contributed by atoms with Gasteiger partial charge in [-0.15, -0.1) is 12.4 Å². The van der Waals surface area contributed by atoms with Crippen LogP contribution in [-0.4, -0.2) is 41.3 Å². The van der Waals surface area contributed by atoms with Crippen molar-refractivity contribution in [2.45, 2.75) is 32.4 Å². The molecule has 0 amide bonds. The zero-order chi connectivity index (χ0) is 17.9. The van der Waals surface area contributed by atoms with E-state index in [-0.39, 0.29) is 35.4 Å². The van der Waals surface area contributed by atoms with Crippen LogP contribution in [0.5, 0.6) is 0 Å². The molecule has 4 rings (SSSR count). The van der Waals surface area contributed by atoms with Crippen molar-refractivity contribution in [3.63, 3.8) is 0 Å². The van der Waals surface area contributed by atoms with E-state index < -0.39 is 17.2 Å². The van der Waals surface area contributed by atoms with Gasteiger partial charge in [0.15, 0.2) is 0 Å². The van der Waals surface area contributed by atoms with Crippen LogP contribution in [0.25, 0.3) is 10.9 Å². The zero-order valence-electron chi connectivity index (χ0n) is 14.6. The minimum absolute atomic E-state index is 0. The highest BCUT2D eigenvalue weighted by Gasteiger charge is 2.31. The van der Waals surface area contributed by atoms with Gasteiger partial charge >= 0.3 is 5.97 Å². The van der Waals surface area contributed by atoms with E-state index in [1.807, 2.05) is 16.4 Å². The normalized spacial score (nSPS) is 21.7. The predicted octanol–water partition coefficient (Wildman–Crippen LogP) is 2.18. The van der Waals surface area contributed by atoms with Crippen molar-refractivity contribution in [2.24, 2.45) is 0 Å². The van der Waals surface area contributed by atoms with Crippen LogP contribution in [0.1, 0.15) is 35.8 Å². The second-order valence-corrected chi connectivity index (χ2v) is 7.02. The van der Waals surface area contributed by atoms with Crippen LogP contribution >= 0.6 is 12.4 Å². The van der Waals surface area contributed by atoms with Crippen LogP contribution in [0.3, 0.4) is 0 Å². The van der Waals surface area contributed by atoms with Crippen LogP contribution in [0.15, 0.2) is 17.1 Å². The molecule has 2 atom stereocenters. The van der Waals surface area contributed by atoms with Gasteiger partial charge in [-0.05, 0) is 26.3 Å². The Morgan fingerprint density at radius 2 is 2.12 bits per heavy atom. The lowest BCUT2D eigenvalue weighted by molar-refractivity contribution is 0.0694. The quantitative estimate of drug-likeness (QED) is 0.834. The number of aromatic nitrogens is 1. The molecule has 1 saturated heterocycles. The average molecular weight is 382 g/mol. The predicted molar refractivity (Wildman–Crippen MR) is 100 cm³/mol. The topological polar surface area (TPSA) is 74.6 Å². The van der Waals surface area contributed by atoms with Gasteiger partial charge in [0.25, 0.3) is 0 Å². The number of anilines is 1. The molecule has 140 valence electrons. The molecule has 26 heavy (non-hydrogen) atoms. The second kappa shape index (κ2) is 6.55. The molecule has 0 radical (unpaired) electrons. The fourth-order valence-corrected chi connectivity index (χ4v) is 4.12. The number of carboxylic acid groups (broad SMARTS) is 1. The SMILES string of the molecule is CC1Cc2c(N3CCN[C@H](C)C3)c(F)cc3c(=O)c(C(=O)O)cn1c23.Cl. The maximum atomic E-state index is 15.0. The molecule has 0 saturated carbocycles. The number of aromatic carboxylic acids is 1. The van der Waals surface area contributed by atoms with Crippen LogP contribution in [0, 0.1) is 5.82 Å². The Morgan fingerprint density at radius 1 is 1.38 bits per heavy atom. The lowest BCUT2D eigenvalue weighted by atomic mass is 10.0. The Bertz CT molecular complexity index is 959. The number of pyridine rings is 1. The number of halogens is 2. The van der Waals surface area contributed by atoms with Crippen molar-refractivity contribution in [3.8, 4) is 0 Å². The molecule has 1 aromatic carbocycles. The van der Waals surface area contributed by atoms with Gasteiger partial charge in [-0.3, -0.25) is 4.79 Å². The Balaban J connectivity index is 0.00000196. The van der Waals surface area contributed by atoms with E-state index in [1.165, 1.54) is 12.3 Å². The molecule has 1 fully saturated rings. The third-order valence-corrected chi connectivity index (χ3v) is 5.23. The van der Waals surface area contributed by atoms with Gasteiger partial charge in [-0.25, -0.2) is 9.18 Å². The highest BCUT2D eigenvalue weighted by atomic mass is 35.5. The second-order valence-electron chi connectivity index (χ2n) is 7.02. The molecule has 2 N–H and O–H groups in total. The number of carboxylic acids is 1. The van der Waals surface area contributed by atoms with E-state index in [4.69, 9.17) is 0 Å². The van der Waals surface area contributed by atoms with Crippen molar-refractivity contribution >= 4 is 35.0 Å². The highest BCUT2D eigenvalue weighted by molar-refractivity contribution is 5.96. The maximum absolute atomic E-state index is 15.0. The molecule has 6 nitrogen and oxygen atoms in total. The smallest absolute Gasteiger partial charge is 0.341 e. The average Bonchev–Trinajstić information content (AvgIpc) is 2.87. The molecule has 2 aromatic rings.